The van der Waals surface area contributed by atoms with E-state index in [1.807, 2.05) is 6.07 Å². The summed E-state index contributed by atoms with van der Waals surface area (Å²) in [6.45, 7) is 2.12. The zero-order chi connectivity index (χ0) is 22.0. The average Bonchev–Trinajstić information content (AvgIpc) is 3.28. The van der Waals surface area contributed by atoms with Gasteiger partial charge in [0.1, 0.15) is 5.54 Å². The van der Waals surface area contributed by atoms with Gasteiger partial charge in [-0.15, -0.1) is 11.3 Å². The number of anilines is 1. The zero-order valence-electron chi connectivity index (χ0n) is 17.0. The first-order valence-electron chi connectivity index (χ1n) is 10.1. The molecule has 4 rings (SSSR count). The molecule has 0 radical (unpaired) electrons. The van der Waals surface area contributed by atoms with Gasteiger partial charge in [-0.1, -0.05) is 25.1 Å². The van der Waals surface area contributed by atoms with Crippen LogP contribution in [-0.4, -0.2) is 39.3 Å². The summed E-state index contributed by atoms with van der Waals surface area (Å²) >= 11 is 1.19. The molecule has 10 heteroatoms. The fraction of sp³-hybridized carbons (Fsp3) is 0.381. The third kappa shape index (κ3) is 4.43. The Hall–Kier alpha value is -3.27. The Morgan fingerprint density at radius 3 is 2.65 bits per heavy atom. The van der Waals surface area contributed by atoms with Crippen LogP contribution in [0.3, 0.4) is 0 Å². The first-order valence-corrected chi connectivity index (χ1v) is 11.0. The first kappa shape index (κ1) is 21.0. The fourth-order valence-corrected chi connectivity index (χ4v) is 4.55. The van der Waals surface area contributed by atoms with Gasteiger partial charge in [-0.05, 0) is 43.7 Å². The molecule has 0 unspecified atom stereocenters. The predicted octanol–water partition coefficient (Wildman–Crippen LogP) is 2.47. The quantitative estimate of drug-likeness (QED) is 0.616. The molecule has 2 fully saturated rings. The van der Waals surface area contributed by atoms with E-state index in [1.54, 1.807) is 29.6 Å². The van der Waals surface area contributed by atoms with Crippen molar-refractivity contribution in [3.05, 3.63) is 47.0 Å². The lowest BCUT2D eigenvalue weighted by Crippen LogP contribution is -2.51. The molecule has 1 aromatic carbocycles. The van der Waals surface area contributed by atoms with Crippen molar-refractivity contribution in [1.29, 1.82) is 0 Å². The van der Waals surface area contributed by atoms with Crippen LogP contribution in [0.1, 0.15) is 48.7 Å². The number of thiazole rings is 1. The summed E-state index contributed by atoms with van der Waals surface area (Å²) in [5, 5.41) is 8.24. The van der Waals surface area contributed by atoms with Crippen LogP contribution in [0, 0.1) is 5.92 Å². The summed E-state index contributed by atoms with van der Waals surface area (Å²) < 4.78 is 0. The fourth-order valence-electron chi connectivity index (χ4n) is 3.85. The standard InChI is InChI=1S/C21H23N5O4S/c1-13-7-9-21(10-8-13)18(29)26(20(30)24-21)25-16(27)11-15-12-31-19(22-15)23-17(28)14-5-3-2-4-6-14/h2-6,12-13H,7-11H2,1H3,(H,24,30)(H,25,27)(H,22,23,28). The van der Waals surface area contributed by atoms with Gasteiger partial charge in [0.05, 0.1) is 12.1 Å². The average molecular weight is 442 g/mol. The van der Waals surface area contributed by atoms with Gasteiger partial charge in [0, 0.05) is 10.9 Å². The van der Waals surface area contributed by atoms with Crippen LogP contribution < -0.4 is 16.1 Å². The van der Waals surface area contributed by atoms with E-state index in [0.29, 0.717) is 35.1 Å². The second-order valence-electron chi connectivity index (χ2n) is 8.01. The van der Waals surface area contributed by atoms with Crippen LogP contribution in [0.4, 0.5) is 9.93 Å². The minimum absolute atomic E-state index is 0.126. The van der Waals surface area contributed by atoms with E-state index in [-0.39, 0.29) is 12.3 Å². The number of urea groups is 1. The first-order chi connectivity index (χ1) is 14.9. The van der Waals surface area contributed by atoms with Gasteiger partial charge >= 0.3 is 6.03 Å². The van der Waals surface area contributed by atoms with Crippen LogP contribution in [-0.2, 0) is 16.0 Å². The predicted molar refractivity (Wildman–Crippen MR) is 114 cm³/mol. The molecule has 5 amide bonds. The molecule has 2 heterocycles. The van der Waals surface area contributed by atoms with E-state index in [9.17, 15) is 19.2 Å². The highest BCUT2D eigenvalue weighted by molar-refractivity contribution is 7.14. The number of rotatable bonds is 5. The van der Waals surface area contributed by atoms with E-state index < -0.39 is 23.4 Å². The van der Waals surface area contributed by atoms with E-state index in [1.165, 1.54) is 11.3 Å². The van der Waals surface area contributed by atoms with Crippen molar-refractivity contribution in [3.8, 4) is 0 Å². The monoisotopic (exact) mass is 441 g/mol. The third-order valence-electron chi connectivity index (χ3n) is 5.68. The van der Waals surface area contributed by atoms with Gasteiger partial charge in [-0.25, -0.2) is 9.78 Å². The van der Waals surface area contributed by atoms with E-state index in [0.717, 1.165) is 17.9 Å². The highest BCUT2D eigenvalue weighted by atomic mass is 32.1. The molecule has 2 aliphatic rings. The lowest BCUT2D eigenvalue weighted by atomic mass is 9.77. The van der Waals surface area contributed by atoms with Gasteiger partial charge in [0.15, 0.2) is 5.13 Å². The lowest BCUT2D eigenvalue weighted by molar-refractivity contribution is -0.139. The molecule has 162 valence electrons. The molecule has 1 saturated carbocycles. The Morgan fingerprint density at radius 2 is 1.94 bits per heavy atom. The van der Waals surface area contributed by atoms with Gasteiger partial charge in [0.25, 0.3) is 11.8 Å². The largest absolute Gasteiger partial charge is 0.344 e. The number of carbonyl (C=O) groups is 4. The SMILES string of the molecule is CC1CCC2(CC1)NC(=O)N(NC(=O)Cc1csc(NC(=O)c3ccccc3)n1)C2=O. The molecule has 3 N–H and O–H groups in total. The molecule has 1 spiro atoms. The molecule has 2 aromatic rings. The van der Waals surface area contributed by atoms with Crippen molar-refractivity contribution < 1.29 is 19.2 Å². The van der Waals surface area contributed by atoms with E-state index in [2.05, 4.69) is 28.0 Å². The summed E-state index contributed by atoms with van der Waals surface area (Å²) in [6.07, 6.45) is 2.72. The molecule has 1 saturated heterocycles. The van der Waals surface area contributed by atoms with Crippen LogP contribution in [0.25, 0.3) is 0 Å². The van der Waals surface area contributed by atoms with Crippen molar-refractivity contribution in [2.45, 2.75) is 44.6 Å². The van der Waals surface area contributed by atoms with Gasteiger partial charge < -0.3 is 5.32 Å². The lowest BCUT2D eigenvalue weighted by Gasteiger charge is -2.33. The Kier molecular flexibility index (Phi) is 5.73. The molecular weight excluding hydrogens is 418 g/mol. The Morgan fingerprint density at radius 1 is 1.23 bits per heavy atom. The van der Waals surface area contributed by atoms with Crippen molar-refractivity contribution in [1.82, 2.24) is 20.7 Å². The number of nitrogens with one attached hydrogen (secondary N) is 3. The summed E-state index contributed by atoms with van der Waals surface area (Å²) in [6, 6.07) is 8.12. The summed E-state index contributed by atoms with van der Waals surface area (Å²) in [7, 11) is 0. The van der Waals surface area contributed by atoms with Crippen molar-refractivity contribution >= 4 is 40.2 Å². The van der Waals surface area contributed by atoms with Crippen LogP contribution >= 0.6 is 11.3 Å². The second-order valence-corrected chi connectivity index (χ2v) is 8.87. The van der Waals surface area contributed by atoms with Gasteiger partial charge in [-0.3, -0.25) is 25.1 Å². The molecule has 0 atom stereocenters. The molecular formula is C21H23N5O4S. The van der Waals surface area contributed by atoms with Crippen LogP contribution in [0.5, 0.6) is 0 Å². The van der Waals surface area contributed by atoms with E-state index >= 15 is 0 Å². The minimum Gasteiger partial charge on any atom is -0.322 e. The number of carbonyl (C=O) groups excluding carboxylic acids is 4. The molecule has 31 heavy (non-hydrogen) atoms. The Bertz CT molecular complexity index is 1010. The molecule has 0 bridgehead atoms. The van der Waals surface area contributed by atoms with Crippen molar-refractivity contribution in [2.24, 2.45) is 5.92 Å². The number of amides is 5. The number of nitrogens with zero attached hydrogens (tertiary/aromatic N) is 2. The number of hydrogen-bond acceptors (Lipinski definition) is 6. The number of hydrazine groups is 1. The zero-order valence-corrected chi connectivity index (χ0v) is 17.8. The molecule has 1 aliphatic carbocycles. The Labute approximate surface area is 183 Å². The second kappa shape index (κ2) is 8.46. The highest BCUT2D eigenvalue weighted by Gasteiger charge is 2.52. The molecule has 1 aromatic heterocycles. The number of imide groups is 1. The highest BCUT2D eigenvalue weighted by Crippen LogP contribution is 2.35. The number of hydrogen-bond donors (Lipinski definition) is 3. The Balaban J connectivity index is 1.34. The number of benzene rings is 1. The maximum Gasteiger partial charge on any atom is 0.344 e. The van der Waals surface area contributed by atoms with Crippen LogP contribution in [0.15, 0.2) is 35.7 Å². The van der Waals surface area contributed by atoms with Crippen molar-refractivity contribution in [2.75, 3.05) is 5.32 Å². The van der Waals surface area contributed by atoms with E-state index in [4.69, 9.17) is 0 Å². The van der Waals surface area contributed by atoms with Gasteiger partial charge in [0.2, 0.25) is 5.91 Å². The topological polar surface area (TPSA) is 120 Å². The maximum absolute atomic E-state index is 12.8. The minimum atomic E-state index is -0.910. The summed E-state index contributed by atoms with van der Waals surface area (Å²) in [5.74, 6) is -0.722. The maximum atomic E-state index is 12.8. The normalized spacial score (nSPS) is 23.0. The van der Waals surface area contributed by atoms with Crippen molar-refractivity contribution in [3.63, 3.8) is 0 Å². The third-order valence-corrected chi connectivity index (χ3v) is 6.48. The summed E-state index contributed by atoms with van der Waals surface area (Å²) in [5.41, 5.74) is 2.42. The van der Waals surface area contributed by atoms with Crippen LogP contribution in [0.2, 0.25) is 0 Å². The van der Waals surface area contributed by atoms with Gasteiger partial charge in [-0.2, -0.15) is 5.01 Å². The number of aromatic nitrogens is 1. The smallest absolute Gasteiger partial charge is 0.322 e. The molecule has 1 aliphatic heterocycles. The summed E-state index contributed by atoms with van der Waals surface area (Å²) in [4.78, 5) is 54.0. The molecule has 9 nitrogen and oxygen atoms in total.